The second kappa shape index (κ2) is 6.88. The van der Waals surface area contributed by atoms with E-state index in [4.69, 9.17) is 20.8 Å². The van der Waals surface area contributed by atoms with Gasteiger partial charge in [-0.3, -0.25) is 0 Å². The first kappa shape index (κ1) is 12.6. The summed E-state index contributed by atoms with van der Waals surface area (Å²) < 4.78 is 10.1. The lowest BCUT2D eigenvalue weighted by Gasteiger charge is -2.16. The smallest absolute Gasteiger partial charge is 0.197 e. The van der Waals surface area contributed by atoms with E-state index in [1.165, 1.54) is 0 Å². The van der Waals surface area contributed by atoms with Crippen LogP contribution in [-0.4, -0.2) is 20.3 Å². The Morgan fingerprint density at radius 2 is 2.40 bits per heavy atom. The molecule has 0 aromatic carbocycles. The quantitative estimate of drug-likeness (QED) is 0.733. The lowest BCUT2D eigenvalue weighted by Crippen LogP contribution is -2.21. The van der Waals surface area contributed by atoms with Crippen LogP contribution < -0.4 is 5.32 Å². The van der Waals surface area contributed by atoms with Crippen LogP contribution in [0.5, 0.6) is 0 Å². The summed E-state index contributed by atoms with van der Waals surface area (Å²) in [6.45, 7) is 3.77. The van der Waals surface area contributed by atoms with Crippen LogP contribution >= 0.6 is 11.6 Å². The van der Waals surface area contributed by atoms with E-state index < -0.39 is 0 Å². The minimum Gasteiger partial charge on any atom is -0.453 e. The van der Waals surface area contributed by atoms with Crippen LogP contribution in [0.15, 0.2) is 16.7 Å². The predicted molar refractivity (Wildman–Crippen MR) is 61.2 cm³/mol. The van der Waals surface area contributed by atoms with E-state index in [-0.39, 0.29) is 6.04 Å². The molecule has 0 saturated heterocycles. The number of hydrogen-bond acceptors (Lipinski definition) is 3. The first-order chi connectivity index (χ1) is 7.29. The van der Waals surface area contributed by atoms with Gasteiger partial charge in [0.05, 0.1) is 6.26 Å². The number of ether oxygens (including phenoxy) is 1. The van der Waals surface area contributed by atoms with Gasteiger partial charge in [-0.25, -0.2) is 0 Å². The van der Waals surface area contributed by atoms with E-state index in [9.17, 15) is 0 Å². The molecule has 0 bridgehead atoms. The zero-order valence-electron chi connectivity index (χ0n) is 9.25. The van der Waals surface area contributed by atoms with Crippen LogP contribution in [-0.2, 0) is 4.74 Å². The Morgan fingerprint density at radius 3 is 2.93 bits per heavy atom. The molecule has 0 aliphatic rings. The molecular weight excluding hydrogens is 214 g/mol. The zero-order chi connectivity index (χ0) is 11.1. The number of nitrogens with one attached hydrogen (secondary N) is 1. The van der Waals surface area contributed by atoms with Gasteiger partial charge in [-0.1, -0.05) is 6.92 Å². The van der Waals surface area contributed by atoms with Gasteiger partial charge >= 0.3 is 0 Å². The van der Waals surface area contributed by atoms with Gasteiger partial charge in [0.2, 0.25) is 0 Å². The molecule has 1 aromatic heterocycles. The van der Waals surface area contributed by atoms with Crippen LogP contribution in [0.4, 0.5) is 0 Å². The molecule has 0 fully saturated rings. The van der Waals surface area contributed by atoms with Crippen molar-refractivity contribution < 1.29 is 9.15 Å². The number of methoxy groups -OCH3 is 1. The van der Waals surface area contributed by atoms with E-state index in [0.717, 1.165) is 31.6 Å². The molecule has 4 heteroatoms. The fourth-order valence-electron chi connectivity index (χ4n) is 1.60. The molecule has 0 spiro atoms. The van der Waals surface area contributed by atoms with Gasteiger partial charge in [-0.2, -0.15) is 0 Å². The molecule has 86 valence electrons. The maximum absolute atomic E-state index is 5.95. The third kappa shape index (κ3) is 3.86. The summed E-state index contributed by atoms with van der Waals surface area (Å²) in [6.07, 6.45) is 3.63. The molecule has 1 atom stereocenters. The van der Waals surface area contributed by atoms with Gasteiger partial charge < -0.3 is 14.5 Å². The molecule has 3 nitrogen and oxygen atoms in total. The first-order valence-electron chi connectivity index (χ1n) is 5.24. The highest BCUT2D eigenvalue weighted by Crippen LogP contribution is 2.26. The van der Waals surface area contributed by atoms with Crippen molar-refractivity contribution in [2.75, 3.05) is 20.3 Å². The van der Waals surface area contributed by atoms with Gasteiger partial charge in [0, 0.05) is 25.3 Å². The van der Waals surface area contributed by atoms with Crippen molar-refractivity contribution in [1.29, 1.82) is 0 Å². The first-order valence-corrected chi connectivity index (χ1v) is 5.62. The average Bonchev–Trinajstić information content (AvgIpc) is 2.64. The maximum Gasteiger partial charge on any atom is 0.197 e. The molecule has 1 rings (SSSR count). The molecule has 0 saturated carbocycles. The summed E-state index contributed by atoms with van der Waals surface area (Å²) in [5.74, 6) is 0. The van der Waals surface area contributed by atoms with E-state index in [1.807, 2.05) is 6.07 Å². The number of rotatable bonds is 7. The molecule has 0 aliphatic carbocycles. The normalized spacial score (nSPS) is 13.0. The fourth-order valence-corrected chi connectivity index (χ4v) is 1.85. The molecule has 0 radical (unpaired) electrons. The molecular formula is C11H18ClNO2. The molecule has 1 aromatic rings. The standard InChI is InChI=1S/C11H18ClNO2/c1-3-13-10(5-4-7-14-2)9-6-8-15-11(9)12/h6,8,10,13H,3-5,7H2,1-2H3. The van der Waals surface area contributed by atoms with E-state index in [2.05, 4.69) is 12.2 Å². The Hall–Kier alpha value is -0.510. The Morgan fingerprint density at radius 1 is 1.60 bits per heavy atom. The van der Waals surface area contributed by atoms with E-state index in [1.54, 1.807) is 13.4 Å². The minimum absolute atomic E-state index is 0.261. The molecule has 1 N–H and O–H groups in total. The summed E-state index contributed by atoms with van der Waals surface area (Å²) in [5.41, 5.74) is 1.04. The van der Waals surface area contributed by atoms with Gasteiger partial charge in [-0.15, -0.1) is 0 Å². The van der Waals surface area contributed by atoms with Crippen molar-refractivity contribution in [1.82, 2.24) is 5.32 Å². The third-order valence-electron chi connectivity index (χ3n) is 2.31. The lowest BCUT2D eigenvalue weighted by atomic mass is 10.1. The summed E-state index contributed by atoms with van der Waals surface area (Å²) in [4.78, 5) is 0. The summed E-state index contributed by atoms with van der Waals surface area (Å²) in [5, 5.41) is 3.87. The predicted octanol–water partition coefficient (Wildman–Crippen LogP) is 3.01. The monoisotopic (exact) mass is 231 g/mol. The minimum atomic E-state index is 0.261. The second-order valence-electron chi connectivity index (χ2n) is 3.39. The highest BCUT2D eigenvalue weighted by atomic mass is 35.5. The number of furan rings is 1. The van der Waals surface area contributed by atoms with Gasteiger partial charge in [0.25, 0.3) is 0 Å². The third-order valence-corrected chi connectivity index (χ3v) is 2.62. The molecule has 15 heavy (non-hydrogen) atoms. The van der Waals surface area contributed by atoms with Gasteiger partial charge in [0.1, 0.15) is 0 Å². The van der Waals surface area contributed by atoms with Crippen molar-refractivity contribution in [3.05, 3.63) is 23.1 Å². The van der Waals surface area contributed by atoms with E-state index >= 15 is 0 Å². The summed E-state index contributed by atoms with van der Waals surface area (Å²) in [7, 11) is 1.72. The van der Waals surface area contributed by atoms with Crippen molar-refractivity contribution in [3.63, 3.8) is 0 Å². The van der Waals surface area contributed by atoms with Crippen molar-refractivity contribution >= 4 is 11.6 Å². The average molecular weight is 232 g/mol. The summed E-state index contributed by atoms with van der Waals surface area (Å²) >= 11 is 5.95. The van der Waals surface area contributed by atoms with Crippen LogP contribution in [0.2, 0.25) is 5.22 Å². The Kier molecular flexibility index (Phi) is 5.76. The largest absolute Gasteiger partial charge is 0.453 e. The Bertz CT molecular complexity index is 275. The highest BCUT2D eigenvalue weighted by molar-refractivity contribution is 6.29. The SMILES string of the molecule is CCNC(CCCOC)c1ccoc1Cl. The fraction of sp³-hybridized carbons (Fsp3) is 0.636. The molecule has 0 amide bonds. The Labute approximate surface area is 95.7 Å². The second-order valence-corrected chi connectivity index (χ2v) is 3.74. The van der Waals surface area contributed by atoms with Crippen LogP contribution in [0.1, 0.15) is 31.4 Å². The van der Waals surface area contributed by atoms with Crippen molar-refractivity contribution in [2.45, 2.75) is 25.8 Å². The maximum atomic E-state index is 5.95. The topological polar surface area (TPSA) is 34.4 Å². The summed E-state index contributed by atoms with van der Waals surface area (Å²) in [6, 6.07) is 2.18. The Balaban J connectivity index is 2.53. The van der Waals surface area contributed by atoms with Crippen molar-refractivity contribution in [2.24, 2.45) is 0 Å². The van der Waals surface area contributed by atoms with Gasteiger partial charge in [0.15, 0.2) is 5.22 Å². The van der Waals surface area contributed by atoms with Crippen LogP contribution in [0.3, 0.4) is 0 Å². The molecule has 1 heterocycles. The number of halogens is 1. The van der Waals surface area contributed by atoms with Crippen LogP contribution in [0, 0.1) is 0 Å². The number of hydrogen-bond donors (Lipinski definition) is 1. The van der Waals surface area contributed by atoms with Crippen molar-refractivity contribution in [3.8, 4) is 0 Å². The highest BCUT2D eigenvalue weighted by Gasteiger charge is 2.15. The van der Waals surface area contributed by atoms with Gasteiger partial charge in [-0.05, 0) is 37.1 Å². The molecule has 0 aliphatic heterocycles. The van der Waals surface area contributed by atoms with Crippen LogP contribution in [0.25, 0.3) is 0 Å². The zero-order valence-corrected chi connectivity index (χ0v) is 10.0. The lowest BCUT2D eigenvalue weighted by molar-refractivity contribution is 0.189. The van der Waals surface area contributed by atoms with E-state index in [0.29, 0.717) is 5.22 Å². The molecule has 1 unspecified atom stereocenters.